The monoisotopic (exact) mass is 263 g/mol. The van der Waals surface area contributed by atoms with Crippen molar-refractivity contribution in [3.63, 3.8) is 0 Å². The highest BCUT2D eigenvalue weighted by Gasteiger charge is 2.16. The molecule has 0 aliphatic carbocycles. The van der Waals surface area contributed by atoms with Gasteiger partial charge in [-0.25, -0.2) is 13.9 Å². The van der Waals surface area contributed by atoms with E-state index in [1.54, 1.807) is 6.07 Å². The SMILES string of the molecule is COc1cc(F)c(-c2n[nH]c(=O)cc2C#N)cc1F. The molecule has 0 amide bonds. The molecule has 1 aromatic heterocycles. The molecule has 0 unspecified atom stereocenters. The normalized spacial score (nSPS) is 10.0. The van der Waals surface area contributed by atoms with E-state index in [0.29, 0.717) is 0 Å². The lowest BCUT2D eigenvalue weighted by atomic mass is 10.1. The van der Waals surface area contributed by atoms with Crippen molar-refractivity contribution in [2.75, 3.05) is 7.11 Å². The molecule has 0 bridgehead atoms. The lowest BCUT2D eigenvalue weighted by molar-refractivity contribution is 0.383. The topological polar surface area (TPSA) is 78.8 Å². The molecule has 0 fully saturated rings. The summed E-state index contributed by atoms with van der Waals surface area (Å²) in [5.74, 6) is -1.87. The minimum absolute atomic E-state index is 0.138. The second kappa shape index (κ2) is 4.86. The molecular formula is C12H7F2N3O2. The predicted molar refractivity (Wildman–Crippen MR) is 61.5 cm³/mol. The van der Waals surface area contributed by atoms with Crippen molar-refractivity contribution in [1.82, 2.24) is 10.2 Å². The molecule has 1 aromatic carbocycles. The number of nitrogens with one attached hydrogen (secondary N) is 1. The molecule has 0 aliphatic rings. The van der Waals surface area contributed by atoms with Crippen LogP contribution in [-0.4, -0.2) is 17.3 Å². The van der Waals surface area contributed by atoms with E-state index in [9.17, 15) is 13.6 Å². The van der Waals surface area contributed by atoms with E-state index in [4.69, 9.17) is 5.26 Å². The third-order valence-corrected chi connectivity index (χ3v) is 2.43. The first kappa shape index (κ1) is 12.7. The maximum Gasteiger partial charge on any atom is 0.265 e. The molecule has 7 heteroatoms. The van der Waals surface area contributed by atoms with Crippen molar-refractivity contribution >= 4 is 0 Å². The summed E-state index contributed by atoms with van der Waals surface area (Å²) in [5, 5.41) is 14.5. The summed E-state index contributed by atoms with van der Waals surface area (Å²) < 4.78 is 32.0. The van der Waals surface area contributed by atoms with Gasteiger partial charge in [0, 0.05) is 17.7 Å². The van der Waals surface area contributed by atoms with Gasteiger partial charge in [0.15, 0.2) is 11.6 Å². The number of aromatic amines is 1. The molecule has 2 rings (SSSR count). The summed E-state index contributed by atoms with van der Waals surface area (Å²) in [5.41, 5.74) is -1.12. The van der Waals surface area contributed by atoms with Gasteiger partial charge in [-0.05, 0) is 6.07 Å². The average Bonchev–Trinajstić information content (AvgIpc) is 2.41. The lowest BCUT2D eigenvalue weighted by Gasteiger charge is -2.07. The Morgan fingerprint density at radius 3 is 2.68 bits per heavy atom. The molecule has 19 heavy (non-hydrogen) atoms. The molecular weight excluding hydrogens is 256 g/mol. The number of benzene rings is 1. The predicted octanol–water partition coefficient (Wildman–Crippen LogP) is 1.60. The van der Waals surface area contributed by atoms with Gasteiger partial charge in [0.1, 0.15) is 17.6 Å². The van der Waals surface area contributed by atoms with Crippen LogP contribution in [0.3, 0.4) is 0 Å². The van der Waals surface area contributed by atoms with E-state index in [-0.39, 0.29) is 22.6 Å². The van der Waals surface area contributed by atoms with Crippen molar-refractivity contribution in [3.8, 4) is 23.1 Å². The van der Waals surface area contributed by atoms with Crippen molar-refractivity contribution < 1.29 is 13.5 Å². The standard InChI is InChI=1S/C12H7F2N3O2/c1-19-10-4-8(13)7(3-9(10)14)12-6(5-15)2-11(18)16-17-12/h2-4H,1H3,(H,16,18). The van der Waals surface area contributed by atoms with Crippen LogP contribution < -0.4 is 10.3 Å². The van der Waals surface area contributed by atoms with Crippen molar-refractivity contribution in [2.45, 2.75) is 0 Å². The molecule has 1 heterocycles. The largest absolute Gasteiger partial charge is 0.494 e. The van der Waals surface area contributed by atoms with Gasteiger partial charge in [-0.3, -0.25) is 4.79 Å². The Morgan fingerprint density at radius 1 is 1.32 bits per heavy atom. The summed E-state index contributed by atoms with van der Waals surface area (Å²) in [6, 6.07) is 4.37. The van der Waals surface area contributed by atoms with Gasteiger partial charge in [-0.2, -0.15) is 10.4 Å². The van der Waals surface area contributed by atoms with Crippen LogP contribution >= 0.6 is 0 Å². The first-order chi connectivity index (χ1) is 9.06. The minimum atomic E-state index is -0.811. The quantitative estimate of drug-likeness (QED) is 0.892. The number of aromatic nitrogens is 2. The van der Waals surface area contributed by atoms with Gasteiger partial charge >= 0.3 is 0 Å². The zero-order valence-corrected chi connectivity index (χ0v) is 9.70. The Morgan fingerprint density at radius 2 is 2.05 bits per heavy atom. The number of methoxy groups -OCH3 is 1. The number of rotatable bonds is 2. The van der Waals surface area contributed by atoms with Gasteiger partial charge in [0.25, 0.3) is 5.56 Å². The fourth-order valence-corrected chi connectivity index (χ4v) is 1.56. The van der Waals surface area contributed by atoms with Crippen LogP contribution in [-0.2, 0) is 0 Å². The first-order valence-electron chi connectivity index (χ1n) is 5.10. The third-order valence-electron chi connectivity index (χ3n) is 2.43. The zero-order chi connectivity index (χ0) is 14.0. The van der Waals surface area contributed by atoms with E-state index in [2.05, 4.69) is 14.9 Å². The summed E-state index contributed by atoms with van der Waals surface area (Å²) in [6.45, 7) is 0. The van der Waals surface area contributed by atoms with Crippen LogP contribution in [0.2, 0.25) is 0 Å². The van der Waals surface area contributed by atoms with E-state index in [1.165, 1.54) is 7.11 Å². The van der Waals surface area contributed by atoms with Crippen LogP contribution in [0, 0.1) is 23.0 Å². The highest BCUT2D eigenvalue weighted by molar-refractivity contribution is 5.67. The Balaban J connectivity index is 2.70. The second-order valence-corrected chi connectivity index (χ2v) is 3.57. The maximum absolute atomic E-state index is 13.8. The number of hydrogen-bond acceptors (Lipinski definition) is 4. The molecule has 0 atom stereocenters. The fraction of sp³-hybridized carbons (Fsp3) is 0.0833. The summed E-state index contributed by atoms with van der Waals surface area (Å²) in [4.78, 5) is 11.0. The zero-order valence-electron chi connectivity index (χ0n) is 9.70. The van der Waals surface area contributed by atoms with Crippen molar-refractivity contribution in [2.24, 2.45) is 0 Å². The van der Waals surface area contributed by atoms with Gasteiger partial charge < -0.3 is 4.74 Å². The summed E-state index contributed by atoms with van der Waals surface area (Å²) in [7, 11) is 1.20. The molecule has 0 spiro atoms. The third kappa shape index (κ3) is 2.28. The smallest absolute Gasteiger partial charge is 0.265 e. The highest BCUT2D eigenvalue weighted by atomic mass is 19.1. The maximum atomic E-state index is 13.8. The highest BCUT2D eigenvalue weighted by Crippen LogP contribution is 2.28. The Kier molecular flexibility index (Phi) is 3.25. The van der Waals surface area contributed by atoms with Crippen LogP contribution in [0.5, 0.6) is 5.75 Å². The Bertz CT molecular complexity index is 735. The fourth-order valence-electron chi connectivity index (χ4n) is 1.56. The number of halogens is 2. The van der Waals surface area contributed by atoms with Crippen LogP contribution in [0.25, 0.3) is 11.3 Å². The Labute approximate surface area is 106 Å². The molecule has 2 aromatic rings. The summed E-state index contributed by atoms with van der Waals surface area (Å²) >= 11 is 0. The molecule has 0 aliphatic heterocycles. The lowest BCUT2D eigenvalue weighted by Crippen LogP contribution is -2.09. The van der Waals surface area contributed by atoms with Crippen LogP contribution in [0.1, 0.15) is 5.56 Å². The molecule has 5 nitrogen and oxygen atoms in total. The second-order valence-electron chi connectivity index (χ2n) is 3.57. The van der Waals surface area contributed by atoms with Gasteiger partial charge in [-0.15, -0.1) is 0 Å². The summed E-state index contributed by atoms with van der Waals surface area (Å²) in [6.07, 6.45) is 0. The van der Waals surface area contributed by atoms with Crippen molar-refractivity contribution in [3.05, 3.63) is 45.8 Å². The minimum Gasteiger partial charge on any atom is -0.494 e. The number of H-pyrrole nitrogens is 1. The molecule has 0 radical (unpaired) electrons. The number of nitrogens with zero attached hydrogens (tertiary/aromatic N) is 2. The Hall–Kier alpha value is -2.75. The van der Waals surface area contributed by atoms with Crippen LogP contribution in [0.4, 0.5) is 8.78 Å². The van der Waals surface area contributed by atoms with E-state index < -0.39 is 17.2 Å². The van der Waals surface area contributed by atoms with E-state index >= 15 is 0 Å². The van der Waals surface area contributed by atoms with Crippen molar-refractivity contribution in [1.29, 1.82) is 5.26 Å². The van der Waals surface area contributed by atoms with Gasteiger partial charge in [0.05, 0.1) is 12.7 Å². The van der Waals surface area contributed by atoms with E-state index in [1.807, 2.05) is 0 Å². The molecule has 96 valence electrons. The molecule has 0 saturated heterocycles. The van der Waals surface area contributed by atoms with Gasteiger partial charge in [0.2, 0.25) is 0 Å². The van der Waals surface area contributed by atoms with Gasteiger partial charge in [-0.1, -0.05) is 0 Å². The molecule has 1 N–H and O–H groups in total. The number of hydrogen-bond donors (Lipinski definition) is 1. The average molecular weight is 263 g/mol. The number of nitriles is 1. The number of ether oxygens (including phenoxy) is 1. The van der Waals surface area contributed by atoms with E-state index in [0.717, 1.165) is 18.2 Å². The van der Waals surface area contributed by atoms with Crippen LogP contribution in [0.15, 0.2) is 23.0 Å². The first-order valence-corrected chi connectivity index (χ1v) is 5.10. The molecule has 0 saturated carbocycles.